The molecule has 2 rings (SSSR count). The van der Waals surface area contributed by atoms with E-state index < -0.39 is 27.5 Å². The molecule has 2 aromatic carbocycles. The third kappa shape index (κ3) is 6.99. The third-order valence-electron chi connectivity index (χ3n) is 3.86. The summed E-state index contributed by atoms with van der Waals surface area (Å²) in [5.41, 5.74) is 0.303. The van der Waals surface area contributed by atoms with Crippen molar-refractivity contribution in [1.29, 1.82) is 0 Å². The lowest BCUT2D eigenvalue weighted by molar-refractivity contribution is -0.120. The van der Waals surface area contributed by atoms with Crippen LogP contribution in [0.15, 0.2) is 59.5 Å². The van der Waals surface area contributed by atoms with Crippen LogP contribution in [0.5, 0.6) is 0 Å². The van der Waals surface area contributed by atoms with Gasteiger partial charge in [-0.25, -0.2) is 13.1 Å². The van der Waals surface area contributed by atoms with Crippen LogP contribution >= 0.6 is 0 Å². The molecule has 156 valence electrons. The zero-order valence-electron chi connectivity index (χ0n) is 17.0. The molecule has 3 N–H and O–H groups in total. The number of carbonyl (C=O) groups excluding carboxylic acids is 2. The fraction of sp³-hybridized carbons (Fsp3) is 0.333. The first-order valence-corrected chi connectivity index (χ1v) is 10.7. The van der Waals surface area contributed by atoms with Crippen LogP contribution in [-0.2, 0) is 19.6 Å². The smallest absolute Gasteiger partial charge is 0.243 e. The highest BCUT2D eigenvalue weighted by atomic mass is 32.2. The van der Waals surface area contributed by atoms with Gasteiger partial charge in [-0.05, 0) is 38.5 Å². The number of nitrogens with one attached hydrogen (secondary N) is 3. The van der Waals surface area contributed by atoms with Crippen LogP contribution in [0, 0.1) is 0 Å². The lowest BCUT2D eigenvalue weighted by atomic mass is 10.0. The van der Waals surface area contributed by atoms with Crippen LogP contribution in [-0.4, -0.2) is 25.8 Å². The Kier molecular flexibility index (Phi) is 7.16. The second kappa shape index (κ2) is 9.19. The van der Waals surface area contributed by atoms with E-state index in [1.165, 1.54) is 19.1 Å². The number of anilines is 1. The van der Waals surface area contributed by atoms with Crippen LogP contribution in [0.1, 0.15) is 45.7 Å². The van der Waals surface area contributed by atoms with Crippen molar-refractivity contribution < 1.29 is 18.0 Å². The predicted octanol–water partition coefficient (Wildman–Crippen LogP) is 2.97. The summed E-state index contributed by atoms with van der Waals surface area (Å²) >= 11 is 0. The minimum atomic E-state index is -3.83. The Morgan fingerprint density at radius 2 is 1.55 bits per heavy atom. The van der Waals surface area contributed by atoms with E-state index in [1.807, 2.05) is 30.3 Å². The van der Waals surface area contributed by atoms with Gasteiger partial charge in [-0.15, -0.1) is 0 Å². The number of sulfonamides is 1. The molecule has 0 aromatic heterocycles. The number of benzene rings is 2. The van der Waals surface area contributed by atoms with E-state index in [0.29, 0.717) is 0 Å². The molecule has 2 aromatic rings. The summed E-state index contributed by atoms with van der Waals surface area (Å²) in [6, 6.07) is 14.8. The topological polar surface area (TPSA) is 104 Å². The zero-order valence-corrected chi connectivity index (χ0v) is 17.8. The lowest BCUT2D eigenvalue weighted by Gasteiger charge is -2.22. The molecular formula is C21H27N3O4S. The molecule has 0 fully saturated rings. The van der Waals surface area contributed by atoms with E-state index in [0.717, 1.165) is 5.56 Å². The first kappa shape index (κ1) is 22.6. The normalized spacial score (nSPS) is 12.8. The number of hydrogen-bond acceptors (Lipinski definition) is 4. The Hall–Kier alpha value is -2.71. The average Bonchev–Trinajstić information content (AvgIpc) is 2.60. The van der Waals surface area contributed by atoms with E-state index in [1.54, 1.807) is 32.9 Å². The number of amides is 2. The lowest BCUT2D eigenvalue weighted by Crippen LogP contribution is -2.40. The molecule has 8 heteroatoms. The predicted molar refractivity (Wildman–Crippen MR) is 113 cm³/mol. The van der Waals surface area contributed by atoms with E-state index in [4.69, 9.17) is 0 Å². The number of hydrogen-bond donors (Lipinski definition) is 3. The quantitative estimate of drug-likeness (QED) is 0.644. The Labute approximate surface area is 172 Å². The van der Waals surface area contributed by atoms with Crippen molar-refractivity contribution in [3.63, 3.8) is 0 Å². The summed E-state index contributed by atoms with van der Waals surface area (Å²) in [5.74, 6) is -0.671. The molecule has 0 heterocycles. The minimum absolute atomic E-state index is 0.0148. The van der Waals surface area contributed by atoms with Crippen molar-refractivity contribution in [1.82, 2.24) is 10.0 Å². The van der Waals surface area contributed by atoms with Gasteiger partial charge < -0.3 is 10.6 Å². The van der Waals surface area contributed by atoms with Gasteiger partial charge in [-0.1, -0.05) is 42.5 Å². The molecule has 2 amide bonds. The Balaban J connectivity index is 2.23. The number of carbonyl (C=O) groups is 2. The van der Waals surface area contributed by atoms with Crippen molar-refractivity contribution in [2.75, 3.05) is 5.32 Å². The minimum Gasteiger partial charge on any atom is -0.349 e. The van der Waals surface area contributed by atoms with Gasteiger partial charge in [0.2, 0.25) is 21.8 Å². The Morgan fingerprint density at radius 3 is 2.14 bits per heavy atom. The molecule has 0 saturated heterocycles. The average molecular weight is 418 g/mol. The van der Waals surface area contributed by atoms with Crippen LogP contribution in [0.2, 0.25) is 0 Å². The highest BCUT2D eigenvalue weighted by molar-refractivity contribution is 7.89. The second-order valence-corrected chi connectivity index (χ2v) is 9.42. The van der Waals surface area contributed by atoms with E-state index >= 15 is 0 Å². The highest BCUT2D eigenvalue weighted by Crippen LogP contribution is 2.24. The highest BCUT2D eigenvalue weighted by Gasteiger charge is 2.25. The molecule has 0 radical (unpaired) electrons. The SMILES string of the molecule is CC(=O)NC(CC(=O)Nc1ccccc1S(=O)(=O)NC(C)(C)C)c1ccccc1. The maximum atomic E-state index is 12.7. The summed E-state index contributed by atoms with van der Waals surface area (Å²) in [6.07, 6.45) is -0.0370. The fourth-order valence-corrected chi connectivity index (χ4v) is 4.41. The zero-order chi connectivity index (χ0) is 21.7. The van der Waals surface area contributed by atoms with E-state index in [-0.39, 0.29) is 22.9 Å². The van der Waals surface area contributed by atoms with Crippen LogP contribution in [0.25, 0.3) is 0 Å². The van der Waals surface area contributed by atoms with E-state index in [2.05, 4.69) is 15.4 Å². The van der Waals surface area contributed by atoms with Gasteiger partial charge in [0.15, 0.2) is 0 Å². The first-order chi connectivity index (χ1) is 13.5. The molecule has 1 atom stereocenters. The van der Waals surface area contributed by atoms with Crippen LogP contribution in [0.3, 0.4) is 0 Å². The molecule has 1 unspecified atom stereocenters. The van der Waals surface area contributed by atoms with Crippen LogP contribution < -0.4 is 15.4 Å². The number of rotatable bonds is 7. The summed E-state index contributed by atoms with van der Waals surface area (Å²) in [7, 11) is -3.83. The fourth-order valence-electron chi connectivity index (χ4n) is 2.83. The standard InChI is InChI=1S/C21H27N3O4S/c1-15(25)22-18(16-10-6-5-7-11-16)14-20(26)23-17-12-8-9-13-19(17)29(27,28)24-21(2,3)4/h5-13,18,24H,14H2,1-4H3,(H,22,25)(H,23,26). The van der Waals surface area contributed by atoms with Crippen molar-refractivity contribution in [3.8, 4) is 0 Å². The Bertz CT molecular complexity index is 967. The van der Waals surface area contributed by atoms with Gasteiger partial charge in [0.05, 0.1) is 18.2 Å². The van der Waals surface area contributed by atoms with Crippen molar-refractivity contribution >= 4 is 27.5 Å². The molecule has 0 bridgehead atoms. The third-order valence-corrected chi connectivity index (χ3v) is 5.68. The van der Waals surface area contributed by atoms with Crippen LogP contribution in [0.4, 0.5) is 5.69 Å². The maximum Gasteiger partial charge on any atom is 0.243 e. The molecule has 0 aliphatic heterocycles. The van der Waals surface area contributed by atoms with Gasteiger partial charge in [0, 0.05) is 12.5 Å². The van der Waals surface area contributed by atoms with E-state index in [9.17, 15) is 18.0 Å². The van der Waals surface area contributed by atoms with Gasteiger partial charge in [0.1, 0.15) is 4.90 Å². The molecule has 0 saturated carbocycles. The van der Waals surface area contributed by atoms with Gasteiger partial charge >= 0.3 is 0 Å². The second-order valence-electron chi connectivity index (χ2n) is 7.77. The van der Waals surface area contributed by atoms with Crippen molar-refractivity contribution in [2.24, 2.45) is 0 Å². The van der Waals surface area contributed by atoms with Gasteiger partial charge in [0.25, 0.3) is 0 Å². The van der Waals surface area contributed by atoms with Crippen molar-refractivity contribution in [3.05, 3.63) is 60.2 Å². The number of para-hydroxylation sites is 1. The molecule has 29 heavy (non-hydrogen) atoms. The summed E-state index contributed by atoms with van der Waals surface area (Å²) in [6.45, 7) is 6.60. The largest absolute Gasteiger partial charge is 0.349 e. The molecular weight excluding hydrogens is 390 g/mol. The molecule has 0 aliphatic rings. The van der Waals surface area contributed by atoms with Gasteiger partial charge in [-0.3, -0.25) is 9.59 Å². The Morgan fingerprint density at radius 1 is 0.966 bits per heavy atom. The first-order valence-electron chi connectivity index (χ1n) is 9.23. The summed E-state index contributed by atoms with van der Waals surface area (Å²) in [5, 5.41) is 5.42. The molecule has 0 spiro atoms. The summed E-state index contributed by atoms with van der Waals surface area (Å²) < 4.78 is 28.0. The summed E-state index contributed by atoms with van der Waals surface area (Å²) in [4.78, 5) is 24.2. The van der Waals surface area contributed by atoms with Gasteiger partial charge in [-0.2, -0.15) is 0 Å². The molecule has 0 aliphatic carbocycles. The molecule has 7 nitrogen and oxygen atoms in total. The van der Waals surface area contributed by atoms with Crippen molar-refractivity contribution in [2.45, 2.75) is 50.6 Å². The maximum absolute atomic E-state index is 12.7. The monoisotopic (exact) mass is 417 g/mol.